The minimum absolute atomic E-state index is 0.0175. The zero-order valence-corrected chi connectivity index (χ0v) is 10.4. The first-order valence-electron chi connectivity index (χ1n) is 5.97. The number of hydrogen-bond donors (Lipinski definition) is 1. The molecule has 0 bridgehead atoms. The molecule has 1 aliphatic rings. The zero-order valence-electron chi connectivity index (χ0n) is 10.4. The fourth-order valence-corrected chi connectivity index (χ4v) is 1.81. The highest BCUT2D eigenvalue weighted by Gasteiger charge is 2.37. The Morgan fingerprint density at radius 1 is 1.59 bits per heavy atom. The van der Waals surface area contributed by atoms with Crippen molar-refractivity contribution in [2.45, 2.75) is 44.8 Å². The zero-order chi connectivity index (χ0) is 12.5. The van der Waals surface area contributed by atoms with Gasteiger partial charge in [0.15, 0.2) is 0 Å². The van der Waals surface area contributed by atoms with Gasteiger partial charge in [-0.2, -0.15) is 0 Å². The third kappa shape index (κ3) is 3.03. The van der Waals surface area contributed by atoms with Crippen molar-refractivity contribution in [1.29, 1.82) is 0 Å². The molecule has 1 aliphatic carbocycles. The molecule has 2 N–H and O–H groups in total. The van der Waals surface area contributed by atoms with Gasteiger partial charge in [-0.1, -0.05) is 6.07 Å². The van der Waals surface area contributed by atoms with Gasteiger partial charge < -0.3 is 10.6 Å². The van der Waals surface area contributed by atoms with Gasteiger partial charge >= 0.3 is 0 Å². The molecule has 0 spiro atoms. The molecule has 1 aromatic heterocycles. The van der Waals surface area contributed by atoms with Crippen molar-refractivity contribution in [3.63, 3.8) is 0 Å². The molecule has 17 heavy (non-hydrogen) atoms. The molecular formula is C13H19N3O. The highest BCUT2D eigenvalue weighted by Crippen LogP contribution is 2.29. The second kappa shape index (κ2) is 4.45. The summed E-state index contributed by atoms with van der Waals surface area (Å²) in [6.45, 7) is 4.12. The molecule has 1 saturated carbocycles. The SMILES string of the molecule is CC(C)(N)C(=O)N(Cc1cccnc1)C1CC1. The van der Waals surface area contributed by atoms with E-state index in [9.17, 15) is 4.79 Å². The van der Waals surface area contributed by atoms with Crippen LogP contribution in [-0.2, 0) is 11.3 Å². The van der Waals surface area contributed by atoms with E-state index in [2.05, 4.69) is 4.98 Å². The molecule has 0 unspecified atom stereocenters. The number of rotatable bonds is 4. The number of aromatic nitrogens is 1. The summed E-state index contributed by atoms with van der Waals surface area (Å²) < 4.78 is 0. The Morgan fingerprint density at radius 3 is 2.76 bits per heavy atom. The molecular weight excluding hydrogens is 214 g/mol. The number of amides is 1. The molecule has 0 saturated heterocycles. The van der Waals surface area contributed by atoms with Gasteiger partial charge in [0, 0.05) is 25.0 Å². The van der Waals surface area contributed by atoms with Crippen LogP contribution in [0.4, 0.5) is 0 Å². The number of nitrogens with zero attached hydrogens (tertiary/aromatic N) is 2. The van der Waals surface area contributed by atoms with Crippen LogP contribution in [0.15, 0.2) is 24.5 Å². The van der Waals surface area contributed by atoms with Gasteiger partial charge in [0.25, 0.3) is 0 Å². The predicted molar refractivity (Wildman–Crippen MR) is 66.1 cm³/mol. The van der Waals surface area contributed by atoms with Crippen LogP contribution in [0.1, 0.15) is 32.3 Å². The lowest BCUT2D eigenvalue weighted by Gasteiger charge is -2.29. The van der Waals surface area contributed by atoms with Gasteiger partial charge in [-0.3, -0.25) is 9.78 Å². The van der Waals surface area contributed by atoms with Gasteiger partial charge in [0.1, 0.15) is 0 Å². The lowest BCUT2D eigenvalue weighted by molar-refractivity contribution is -0.137. The van der Waals surface area contributed by atoms with Crippen molar-refractivity contribution in [3.05, 3.63) is 30.1 Å². The largest absolute Gasteiger partial charge is 0.334 e. The van der Waals surface area contributed by atoms with Crippen LogP contribution >= 0.6 is 0 Å². The molecule has 0 radical (unpaired) electrons. The molecule has 4 heteroatoms. The number of nitrogens with two attached hydrogens (primary N) is 1. The quantitative estimate of drug-likeness (QED) is 0.853. The van der Waals surface area contributed by atoms with E-state index in [1.807, 2.05) is 17.0 Å². The summed E-state index contributed by atoms with van der Waals surface area (Å²) >= 11 is 0. The third-order valence-electron chi connectivity index (χ3n) is 2.88. The van der Waals surface area contributed by atoms with E-state index in [0.717, 1.165) is 18.4 Å². The predicted octanol–water partition coefficient (Wildman–Crippen LogP) is 1.31. The second-order valence-electron chi connectivity index (χ2n) is 5.25. The van der Waals surface area contributed by atoms with Crippen molar-refractivity contribution in [2.75, 3.05) is 0 Å². The molecule has 1 amide bonds. The fraction of sp³-hybridized carbons (Fsp3) is 0.538. The van der Waals surface area contributed by atoms with Gasteiger partial charge in [-0.15, -0.1) is 0 Å². The maximum Gasteiger partial charge on any atom is 0.242 e. The van der Waals surface area contributed by atoms with Crippen LogP contribution in [0.2, 0.25) is 0 Å². The molecule has 0 aromatic carbocycles. The Morgan fingerprint density at radius 2 is 2.29 bits per heavy atom. The van der Waals surface area contributed by atoms with Crippen LogP contribution in [0.5, 0.6) is 0 Å². The van der Waals surface area contributed by atoms with Gasteiger partial charge in [0.2, 0.25) is 5.91 Å². The summed E-state index contributed by atoms with van der Waals surface area (Å²) in [5.74, 6) is 0.0175. The molecule has 0 aliphatic heterocycles. The van der Waals surface area contributed by atoms with E-state index in [0.29, 0.717) is 12.6 Å². The summed E-state index contributed by atoms with van der Waals surface area (Å²) in [6, 6.07) is 4.24. The molecule has 1 aromatic rings. The molecule has 2 rings (SSSR count). The first-order valence-corrected chi connectivity index (χ1v) is 5.97. The van der Waals surface area contributed by atoms with Crippen LogP contribution in [-0.4, -0.2) is 27.4 Å². The minimum atomic E-state index is -0.801. The Bertz CT molecular complexity index is 393. The molecule has 92 valence electrons. The Kier molecular flexibility index (Phi) is 3.15. The van der Waals surface area contributed by atoms with E-state index in [-0.39, 0.29) is 5.91 Å². The van der Waals surface area contributed by atoms with E-state index >= 15 is 0 Å². The van der Waals surface area contributed by atoms with Crippen molar-refractivity contribution in [3.8, 4) is 0 Å². The third-order valence-corrected chi connectivity index (χ3v) is 2.88. The van der Waals surface area contributed by atoms with Crippen molar-refractivity contribution < 1.29 is 4.79 Å². The first-order chi connectivity index (χ1) is 7.98. The normalized spacial score (nSPS) is 15.7. The summed E-state index contributed by atoms with van der Waals surface area (Å²) in [6.07, 6.45) is 5.70. The van der Waals surface area contributed by atoms with Crippen LogP contribution < -0.4 is 5.73 Å². The number of carbonyl (C=O) groups is 1. The van der Waals surface area contributed by atoms with Gasteiger partial charge in [0.05, 0.1) is 5.54 Å². The van der Waals surface area contributed by atoms with Gasteiger partial charge in [-0.05, 0) is 38.3 Å². The highest BCUT2D eigenvalue weighted by atomic mass is 16.2. The highest BCUT2D eigenvalue weighted by molar-refractivity contribution is 5.85. The monoisotopic (exact) mass is 233 g/mol. The number of hydrogen-bond acceptors (Lipinski definition) is 3. The Balaban J connectivity index is 2.11. The fourth-order valence-electron chi connectivity index (χ4n) is 1.81. The molecule has 1 heterocycles. The molecule has 4 nitrogen and oxygen atoms in total. The van der Waals surface area contributed by atoms with Crippen LogP contribution in [0.25, 0.3) is 0 Å². The molecule has 1 fully saturated rings. The van der Waals surface area contributed by atoms with Gasteiger partial charge in [-0.25, -0.2) is 0 Å². The van der Waals surface area contributed by atoms with E-state index < -0.39 is 5.54 Å². The smallest absolute Gasteiger partial charge is 0.242 e. The summed E-state index contributed by atoms with van der Waals surface area (Å²) in [5.41, 5.74) is 6.14. The van der Waals surface area contributed by atoms with Crippen LogP contribution in [0, 0.1) is 0 Å². The standard InChI is InChI=1S/C13H19N3O/c1-13(2,14)12(17)16(11-5-6-11)9-10-4-3-7-15-8-10/h3-4,7-8,11H,5-6,9,14H2,1-2H3. The Hall–Kier alpha value is -1.42. The lowest BCUT2D eigenvalue weighted by Crippen LogP contribution is -2.51. The van der Waals surface area contributed by atoms with E-state index in [4.69, 9.17) is 5.73 Å². The van der Waals surface area contributed by atoms with E-state index in [1.54, 1.807) is 26.2 Å². The number of carbonyl (C=O) groups excluding carboxylic acids is 1. The molecule has 0 atom stereocenters. The van der Waals surface area contributed by atoms with E-state index in [1.165, 1.54) is 0 Å². The maximum absolute atomic E-state index is 12.2. The van der Waals surface area contributed by atoms with Crippen molar-refractivity contribution in [1.82, 2.24) is 9.88 Å². The minimum Gasteiger partial charge on any atom is -0.334 e. The second-order valence-corrected chi connectivity index (χ2v) is 5.25. The lowest BCUT2D eigenvalue weighted by atomic mass is 10.0. The first kappa shape index (κ1) is 12.0. The van der Waals surface area contributed by atoms with Crippen LogP contribution in [0.3, 0.4) is 0 Å². The Labute approximate surface area is 102 Å². The maximum atomic E-state index is 12.2. The number of pyridine rings is 1. The van der Waals surface area contributed by atoms with Crippen molar-refractivity contribution >= 4 is 5.91 Å². The summed E-state index contributed by atoms with van der Waals surface area (Å²) in [5, 5.41) is 0. The summed E-state index contributed by atoms with van der Waals surface area (Å²) in [4.78, 5) is 18.2. The topological polar surface area (TPSA) is 59.2 Å². The average Bonchev–Trinajstić information content (AvgIpc) is 3.09. The van der Waals surface area contributed by atoms with Crippen molar-refractivity contribution in [2.24, 2.45) is 5.73 Å². The summed E-state index contributed by atoms with van der Waals surface area (Å²) in [7, 11) is 0. The average molecular weight is 233 g/mol.